The second-order valence-electron chi connectivity index (χ2n) is 17.3. The van der Waals surface area contributed by atoms with E-state index in [1.165, 1.54) is 14.0 Å². The Balaban J connectivity index is 1.41. The van der Waals surface area contributed by atoms with Crippen molar-refractivity contribution in [1.29, 1.82) is 0 Å². The first-order valence-electron chi connectivity index (χ1n) is 20.6. The Kier molecular flexibility index (Phi) is 14.3. The van der Waals surface area contributed by atoms with Crippen molar-refractivity contribution >= 4 is 39.4 Å². The third-order valence-corrected chi connectivity index (χ3v) is 16.3. The number of aliphatic hydroxyl groups excluding tert-OH is 1. The number of piperidine rings is 2. The maximum Gasteiger partial charge on any atom is 0.332 e. The Morgan fingerprint density at radius 3 is 2.59 bits per heavy atom. The van der Waals surface area contributed by atoms with E-state index in [9.17, 15) is 29.7 Å². The lowest BCUT2D eigenvalue weighted by Crippen LogP contribution is -2.65. The van der Waals surface area contributed by atoms with Gasteiger partial charge in [0.2, 0.25) is 5.91 Å². The molecule has 1 saturated carbocycles. The number of aromatic hydroxyl groups is 1. The van der Waals surface area contributed by atoms with E-state index in [2.05, 4.69) is 28.1 Å². The smallest absolute Gasteiger partial charge is 0.332 e. The first-order valence-corrected chi connectivity index (χ1v) is 23.0. The van der Waals surface area contributed by atoms with Crippen LogP contribution < -0.4 is 20.7 Å². The molecule has 4 aliphatic heterocycles. The summed E-state index contributed by atoms with van der Waals surface area (Å²) in [4.78, 5) is 41.0. The number of likely N-dealkylation sites (N-methyl/N-ethyl adjacent to an activating group) is 1. The highest BCUT2D eigenvalue weighted by atomic mass is 33.1. The number of nitrogens with one attached hydrogen (secondary N) is 3. The number of ether oxygens (including phenoxy) is 3. The Morgan fingerprint density at radius 2 is 1.86 bits per heavy atom. The van der Waals surface area contributed by atoms with E-state index in [1.807, 2.05) is 26.1 Å². The van der Waals surface area contributed by atoms with Crippen molar-refractivity contribution in [2.75, 3.05) is 33.0 Å². The van der Waals surface area contributed by atoms with Gasteiger partial charge in [0, 0.05) is 42.9 Å². The number of carbonyl (C=O) groups excluding carboxylic acids is 3. The van der Waals surface area contributed by atoms with Crippen molar-refractivity contribution in [2.45, 2.75) is 138 Å². The summed E-state index contributed by atoms with van der Waals surface area (Å²) in [6.45, 7) is 4.61. The van der Waals surface area contributed by atoms with E-state index in [1.54, 1.807) is 27.7 Å². The molecule has 0 radical (unpaired) electrons. The van der Waals surface area contributed by atoms with Crippen LogP contribution in [0.25, 0.3) is 0 Å². The second kappa shape index (κ2) is 18.6. The number of carbonyl (C=O) groups is 3. The molecule has 0 spiro atoms. The molecule has 312 valence electrons. The van der Waals surface area contributed by atoms with Crippen molar-refractivity contribution in [2.24, 2.45) is 23.2 Å². The number of benzene rings is 1. The van der Waals surface area contributed by atoms with Crippen LogP contribution in [0.2, 0.25) is 0 Å². The molecule has 2 bridgehead atoms. The summed E-state index contributed by atoms with van der Waals surface area (Å²) in [7, 11) is 6.63. The number of aliphatic hydroxyl groups is 2. The Hall–Kier alpha value is -2.49. The lowest BCUT2D eigenvalue weighted by atomic mass is 9.66. The molecule has 4 heterocycles. The minimum atomic E-state index is -1.12. The predicted octanol–water partition coefficient (Wildman–Crippen LogP) is 4.82. The average Bonchev–Trinajstić information content (AvgIpc) is 3.17. The topological polar surface area (TPSA) is 176 Å². The first-order chi connectivity index (χ1) is 26.8. The zero-order valence-electron chi connectivity index (χ0n) is 33.4. The lowest BCUT2D eigenvalue weighted by Gasteiger charge is -2.49. The Bertz CT molecular complexity index is 1570. The van der Waals surface area contributed by atoms with Gasteiger partial charge in [0.1, 0.15) is 17.7 Å². The average molecular weight is 818 g/mol. The van der Waals surface area contributed by atoms with Crippen LogP contribution in [0.3, 0.4) is 0 Å². The van der Waals surface area contributed by atoms with Crippen molar-refractivity contribution in [3.05, 3.63) is 35.9 Å². The summed E-state index contributed by atoms with van der Waals surface area (Å²) >= 11 is 0. The minimum absolute atomic E-state index is 0.0135. The summed E-state index contributed by atoms with van der Waals surface area (Å²) in [5.41, 5.74) is -1.80. The van der Waals surface area contributed by atoms with E-state index in [0.717, 1.165) is 24.8 Å². The molecule has 4 fully saturated rings. The highest BCUT2D eigenvalue weighted by Gasteiger charge is 2.54. The van der Waals surface area contributed by atoms with E-state index in [0.29, 0.717) is 82.4 Å². The molecule has 6 N–H and O–H groups in total. The third-order valence-electron chi connectivity index (χ3n) is 13.4. The van der Waals surface area contributed by atoms with Gasteiger partial charge in [-0.2, -0.15) is 0 Å². The number of methoxy groups -OCH3 is 1. The van der Waals surface area contributed by atoms with Gasteiger partial charge in [-0.15, -0.1) is 0 Å². The number of fused-ring (bicyclic) bond motifs is 9. The summed E-state index contributed by atoms with van der Waals surface area (Å²) in [5.74, 6) is -0.688. The van der Waals surface area contributed by atoms with Crippen LogP contribution in [0.4, 0.5) is 0 Å². The number of rotatable bonds is 11. The van der Waals surface area contributed by atoms with Gasteiger partial charge < -0.3 is 45.5 Å². The molecule has 1 aromatic carbocycles. The fraction of sp³-hybridized carbons (Fsp3) is 0.738. The summed E-state index contributed by atoms with van der Waals surface area (Å²) in [6.07, 6.45) is 9.78. The highest BCUT2D eigenvalue weighted by molar-refractivity contribution is 8.77. The SMILES string of the molecule is CN[C@@H]1[C@H](O)[C@H]2C=C[C@@H]1SSC[C@@](C)(O)CCC([C@H](C[C@@H](OC(=O)[C@]13CCCC[C@H]1CCC(=O)N3)C1(Cc3ccc(O)c(OC)c3)CCNCC1)OC(C)=O)C2. The Morgan fingerprint density at radius 1 is 1.07 bits per heavy atom. The molecule has 10 atom stereocenters. The van der Waals surface area contributed by atoms with Gasteiger partial charge in [-0.05, 0) is 114 Å². The van der Waals surface area contributed by atoms with Crippen molar-refractivity contribution in [3.63, 3.8) is 0 Å². The van der Waals surface area contributed by atoms with E-state index < -0.39 is 46.8 Å². The number of amides is 1. The fourth-order valence-electron chi connectivity index (χ4n) is 10.1. The van der Waals surface area contributed by atoms with Crippen molar-refractivity contribution in [3.8, 4) is 11.5 Å². The molecule has 0 aromatic heterocycles. The molecule has 3 saturated heterocycles. The van der Waals surface area contributed by atoms with Gasteiger partial charge in [-0.1, -0.05) is 52.6 Å². The molecule has 1 unspecified atom stereocenters. The molecule has 2 aliphatic carbocycles. The normalized spacial score (nSPS) is 34.4. The van der Waals surface area contributed by atoms with Gasteiger partial charge in [-0.3, -0.25) is 9.59 Å². The standard InChI is InChI=1S/C42H63N3O9S2/c1-26(46)53-32(28-14-16-40(2,51)25-55-56-34-12-9-29(22-28)38(49)37(34)43-3)23-35(54-39(50)42-15-6-5-7-30(42)10-13-36(48)45-42)41(17-19-44-20-18-41)24-27-8-11-31(47)33(21-27)52-4/h8-9,11-12,21,28-30,32,34-35,37-38,43-44,47,49,51H,5-7,10,13-20,22-25H2,1-4H3,(H,45,48)/t28?,29-,30-,32-,34-,35+,37-,38+,40-,42-/m0/s1. The Labute approximate surface area is 339 Å². The highest BCUT2D eigenvalue weighted by Crippen LogP contribution is 2.47. The number of hydrogen-bond acceptors (Lipinski definition) is 13. The third kappa shape index (κ3) is 9.85. The van der Waals surface area contributed by atoms with Gasteiger partial charge >= 0.3 is 11.9 Å². The maximum atomic E-state index is 14.9. The van der Waals surface area contributed by atoms with E-state index >= 15 is 0 Å². The predicted molar refractivity (Wildman–Crippen MR) is 218 cm³/mol. The van der Waals surface area contributed by atoms with Gasteiger partial charge in [-0.25, -0.2) is 4.79 Å². The molecule has 7 rings (SSSR count). The van der Waals surface area contributed by atoms with Crippen LogP contribution in [0.1, 0.15) is 96.5 Å². The van der Waals surface area contributed by atoms with Crippen LogP contribution >= 0.6 is 21.6 Å². The summed E-state index contributed by atoms with van der Waals surface area (Å²) in [5, 5.41) is 43.7. The molecular weight excluding hydrogens is 755 g/mol. The number of esters is 2. The summed E-state index contributed by atoms with van der Waals surface area (Å²) in [6, 6.07) is 5.11. The molecule has 1 amide bonds. The van der Waals surface area contributed by atoms with Gasteiger partial charge in [0.05, 0.1) is 24.1 Å². The monoisotopic (exact) mass is 817 g/mol. The summed E-state index contributed by atoms with van der Waals surface area (Å²) < 4.78 is 18.7. The molecule has 12 nitrogen and oxygen atoms in total. The van der Waals surface area contributed by atoms with Crippen molar-refractivity contribution in [1.82, 2.24) is 16.0 Å². The second-order valence-corrected chi connectivity index (χ2v) is 19.8. The van der Waals surface area contributed by atoms with Gasteiger partial charge in [0.25, 0.3) is 0 Å². The largest absolute Gasteiger partial charge is 0.504 e. The lowest BCUT2D eigenvalue weighted by molar-refractivity contribution is -0.180. The van der Waals surface area contributed by atoms with Crippen LogP contribution in [0.5, 0.6) is 11.5 Å². The molecule has 14 heteroatoms. The molecular formula is C42H63N3O9S2. The molecule has 6 aliphatic rings. The zero-order chi connectivity index (χ0) is 40.1. The number of hydrogen-bond donors (Lipinski definition) is 6. The molecule has 1 aromatic rings. The quantitative estimate of drug-likeness (QED) is 0.102. The number of phenols is 1. The minimum Gasteiger partial charge on any atom is -0.504 e. The molecule has 56 heavy (non-hydrogen) atoms. The van der Waals surface area contributed by atoms with Gasteiger partial charge in [0.15, 0.2) is 11.5 Å². The zero-order valence-corrected chi connectivity index (χ0v) is 35.1. The van der Waals surface area contributed by atoms with Crippen LogP contribution in [-0.2, 0) is 30.3 Å². The van der Waals surface area contributed by atoms with E-state index in [4.69, 9.17) is 14.2 Å². The van der Waals surface area contributed by atoms with E-state index in [-0.39, 0.29) is 47.1 Å². The maximum absolute atomic E-state index is 14.9. The van der Waals surface area contributed by atoms with Crippen molar-refractivity contribution < 1.29 is 43.9 Å². The fourth-order valence-corrected chi connectivity index (χ4v) is 13.3. The van der Waals surface area contributed by atoms with Crippen LogP contribution in [0, 0.1) is 23.2 Å². The first kappa shape index (κ1) is 43.1. The number of phenolic OH excluding ortho intramolecular Hbond substituents is 1. The van der Waals surface area contributed by atoms with Crippen LogP contribution in [-0.4, -0.2) is 107 Å². The van der Waals surface area contributed by atoms with Crippen LogP contribution in [0.15, 0.2) is 30.4 Å².